The molecule has 0 saturated carbocycles. The zero-order valence-corrected chi connectivity index (χ0v) is 15.6. The second-order valence-electron chi connectivity index (χ2n) is 7.01. The fraction of sp³-hybridized carbons (Fsp3) is 0.611. The smallest absolute Gasteiger partial charge is 0.241 e. The highest BCUT2D eigenvalue weighted by molar-refractivity contribution is 6.31. The van der Waals surface area contributed by atoms with Gasteiger partial charge in [-0.2, -0.15) is 4.98 Å². The molecule has 4 rings (SSSR count). The molecule has 2 aromatic heterocycles. The summed E-state index contributed by atoms with van der Waals surface area (Å²) >= 11 is 6.11. The van der Waals surface area contributed by atoms with Gasteiger partial charge in [0.25, 0.3) is 0 Å². The highest BCUT2D eigenvalue weighted by Gasteiger charge is 2.24. The molecule has 0 unspecified atom stereocenters. The first-order chi connectivity index (χ1) is 12.8. The van der Waals surface area contributed by atoms with Gasteiger partial charge in [-0.1, -0.05) is 16.8 Å². The van der Waals surface area contributed by atoms with Crippen molar-refractivity contribution in [3.05, 3.63) is 29.4 Å². The van der Waals surface area contributed by atoms with E-state index >= 15 is 0 Å². The summed E-state index contributed by atoms with van der Waals surface area (Å²) in [5, 5.41) is 4.46. The third kappa shape index (κ3) is 4.40. The van der Waals surface area contributed by atoms with Crippen molar-refractivity contribution in [2.45, 2.75) is 19.4 Å². The molecule has 0 bridgehead atoms. The highest BCUT2D eigenvalue weighted by Crippen LogP contribution is 2.24. The Hall–Kier alpha value is -1.54. The van der Waals surface area contributed by atoms with Crippen molar-refractivity contribution in [1.82, 2.24) is 24.9 Å². The normalized spacial score (nSPS) is 22.6. The van der Waals surface area contributed by atoms with Crippen LogP contribution in [0, 0.1) is 5.92 Å². The zero-order chi connectivity index (χ0) is 17.8. The number of halogens is 1. The Morgan fingerprint density at radius 2 is 2.08 bits per heavy atom. The Morgan fingerprint density at radius 3 is 2.92 bits per heavy atom. The predicted molar refractivity (Wildman–Crippen MR) is 97.8 cm³/mol. The van der Waals surface area contributed by atoms with E-state index in [0.717, 1.165) is 45.9 Å². The van der Waals surface area contributed by atoms with Crippen LogP contribution in [0.3, 0.4) is 0 Å². The molecular weight excluding hydrogens is 354 g/mol. The predicted octanol–water partition coefficient (Wildman–Crippen LogP) is 2.33. The van der Waals surface area contributed by atoms with Gasteiger partial charge in [-0.3, -0.25) is 9.80 Å². The Bertz CT molecular complexity index is 719. The Morgan fingerprint density at radius 1 is 1.19 bits per heavy atom. The van der Waals surface area contributed by atoms with Crippen molar-refractivity contribution in [2.24, 2.45) is 5.92 Å². The number of ether oxygens (including phenoxy) is 1. The van der Waals surface area contributed by atoms with Gasteiger partial charge in [0.05, 0.1) is 25.3 Å². The Labute approximate surface area is 158 Å². The van der Waals surface area contributed by atoms with Crippen LogP contribution in [-0.2, 0) is 11.3 Å². The molecule has 4 heterocycles. The van der Waals surface area contributed by atoms with Crippen molar-refractivity contribution < 1.29 is 9.26 Å². The molecule has 0 aliphatic carbocycles. The zero-order valence-electron chi connectivity index (χ0n) is 14.8. The quantitative estimate of drug-likeness (QED) is 0.741. The van der Waals surface area contributed by atoms with Crippen LogP contribution >= 0.6 is 11.6 Å². The summed E-state index contributed by atoms with van der Waals surface area (Å²) < 4.78 is 10.9. The van der Waals surface area contributed by atoms with Gasteiger partial charge in [0.2, 0.25) is 11.7 Å². The van der Waals surface area contributed by atoms with Crippen molar-refractivity contribution in [3.8, 4) is 11.4 Å². The summed E-state index contributed by atoms with van der Waals surface area (Å²) in [6.07, 6.45) is 4.15. The lowest BCUT2D eigenvalue weighted by molar-refractivity contribution is 0.0218. The van der Waals surface area contributed by atoms with E-state index in [4.69, 9.17) is 20.9 Å². The minimum atomic E-state index is 0.392. The lowest BCUT2D eigenvalue weighted by atomic mass is 9.97. The molecule has 0 radical (unpaired) electrons. The number of likely N-dealkylation sites (tertiary alicyclic amines) is 1. The first kappa shape index (κ1) is 17.9. The van der Waals surface area contributed by atoms with Crippen LogP contribution in [0.2, 0.25) is 5.15 Å². The van der Waals surface area contributed by atoms with Crippen molar-refractivity contribution in [2.75, 3.05) is 45.9 Å². The molecule has 0 aromatic carbocycles. The van der Waals surface area contributed by atoms with Crippen LogP contribution in [0.4, 0.5) is 0 Å². The van der Waals surface area contributed by atoms with E-state index in [1.165, 1.54) is 12.8 Å². The molecule has 2 aliphatic heterocycles. The Kier molecular flexibility index (Phi) is 5.79. The summed E-state index contributed by atoms with van der Waals surface area (Å²) in [7, 11) is 0. The van der Waals surface area contributed by atoms with Crippen molar-refractivity contribution in [3.63, 3.8) is 0 Å². The Balaban J connectivity index is 1.34. The van der Waals surface area contributed by atoms with Crippen LogP contribution < -0.4 is 0 Å². The maximum absolute atomic E-state index is 6.11. The topological polar surface area (TPSA) is 67.5 Å². The van der Waals surface area contributed by atoms with E-state index in [2.05, 4.69) is 24.9 Å². The van der Waals surface area contributed by atoms with E-state index in [9.17, 15) is 0 Å². The fourth-order valence-corrected chi connectivity index (χ4v) is 3.97. The number of piperidine rings is 1. The molecule has 7 nitrogen and oxygen atoms in total. The standard InChI is InChI=1S/C18H24ClN5O2/c19-17-15(4-1-5-20-17)18-21-16(26-22-18)13-24-6-2-3-14(12-24)11-23-7-9-25-10-8-23/h1,4-5,14H,2-3,6-13H2/t14-/m0/s1. The largest absolute Gasteiger partial charge is 0.379 e. The van der Waals surface area contributed by atoms with Gasteiger partial charge in [0.15, 0.2) is 0 Å². The monoisotopic (exact) mass is 377 g/mol. The first-order valence-corrected chi connectivity index (χ1v) is 9.61. The molecular formula is C18H24ClN5O2. The van der Waals surface area contributed by atoms with Crippen molar-refractivity contribution in [1.29, 1.82) is 0 Å². The van der Waals surface area contributed by atoms with Crippen LogP contribution in [0.15, 0.2) is 22.9 Å². The van der Waals surface area contributed by atoms with Crippen LogP contribution in [0.5, 0.6) is 0 Å². The highest BCUT2D eigenvalue weighted by atomic mass is 35.5. The molecule has 2 aromatic rings. The minimum Gasteiger partial charge on any atom is -0.379 e. The number of hydrogen-bond donors (Lipinski definition) is 0. The molecule has 26 heavy (non-hydrogen) atoms. The molecule has 0 spiro atoms. The summed E-state index contributed by atoms with van der Waals surface area (Å²) in [4.78, 5) is 13.5. The van der Waals surface area contributed by atoms with Crippen LogP contribution in [-0.4, -0.2) is 70.9 Å². The van der Waals surface area contributed by atoms with Gasteiger partial charge in [-0.05, 0) is 37.4 Å². The van der Waals surface area contributed by atoms with E-state index in [0.29, 0.717) is 34.9 Å². The van der Waals surface area contributed by atoms with Crippen LogP contribution in [0.25, 0.3) is 11.4 Å². The molecule has 2 fully saturated rings. The van der Waals surface area contributed by atoms with Gasteiger partial charge in [0, 0.05) is 32.4 Å². The third-order valence-electron chi connectivity index (χ3n) is 5.05. The number of nitrogens with zero attached hydrogens (tertiary/aromatic N) is 5. The van der Waals surface area contributed by atoms with E-state index in [-0.39, 0.29) is 0 Å². The average Bonchev–Trinajstić information content (AvgIpc) is 3.11. The minimum absolute atomic E-state index is 0.392. The maximum atomic E-state index is 6.11. The van der Waals surface area contributed by atoms with Gasteiger partial charge >= 0.3 is 0 Å². The lowest BCUT2D eigenvalue weighted by Crippen LogP contribution is -2.44. The molecule has 140 valence electrons. The first-order valence-electron chi connectivity index (χ1n) is 9.24. The average molecular weight is 378 g/mol. The summed E-state index contributed by atoms with van der Waals surface area (Å²) in [5.74, 6) is 1.82. The third-order valence-corrected chi connectivity index (χ3v) is 5.35. The summed E-state index contributed by atoms with van der Waals surface area (Å²) in [6.45, 7) is 7.80. The van der Waals surface area contributed by atoms with Gasteiger partial charge in [-0.25, -0.2) is 4.98 Å². The number of aromatic nitrogens is 3. The molecule has 2 saturated heterocycles. The lowest BCUT2D eigenvalue weighted by Gasteiger charge is -2.36. The molecule has 0 N–H and O–H groups in total. The van der Waals surface area contributed by atoms with E-state index in [1.54, 1.807) is 6.20 Å². The van der Waals surface area contributed by atoms with Gasteiger partial charge < -0.3 is 9.26 Å². The number of rotatable bonds is 5. The fourth-order valence-electron chi connectivity index (χ4n) is 3.77. The number of pyridine rings is 1. The number of hydrogen-bond acceptors (Lipinski definition) is 7. The number of morpholine rings is 1. The van der Waals surface area contributed by atoms with Gasteiger partial charge in [0.1, 0.15) is 5.15 Å². The molecule has 2 aliphatic rings. The molecule has 1 atom stereocenters. The molecule has 8 heteroatoms. The van der Waals surface area contributed by atoms with Gasteiger partial charge in [-0.15, -0.1) is 0 Å². The van der Waals surface area contributed by atoms with E-state index < -0.39 is 0 Å². The van der Waals surface area contributed by atoms with Crippen LogP contribution in [0.1, 0.15) is 18.7 Å². The van der Waals surface area contributed by atoms with E-state index in [1.807, 2.05) is 12.1 Å². The maximum Gasteiger partial charge on any atom is 0.241 e. The van der Waals surface area contributed by atoms with Crippen molar-refractivity contribution >= 4 is 11.6 Å². The second-order valence-corrected chi connectivity index (χ2v) is 7.37. The second kappa shape index (κ2) is 8.43. The summed E-state index contributed by atoms with van der Waals surface area (Å²) in [5.41, 5.74) is 0.702. The SMILES string of the molecule is Clc1ncccc1-c1noc(CN2CCC[C@@H](CN3CCOCC3)C2)n1. The summed E-state index contributed by atoms with van der Waals surface area (Å²) in [6, 6.07) is 3.67. The molecule has 0 amide bonds.